The molecule has 0 saturated heterocycles. The average Bonchev–Trinajstić information content (AvgIpc) is 3.07. The molecular weight excluding hydrogens is 270 g/mol. The highest BCUT2D eigenvalue weighted by molar-refractivity contribution is 7.09. The van der Waals surface area contributed by atoms with E-state index in [0.717, 1.165) is 27.7 Å². The van der Waals surface area contributed by atoms with Gasteiger partial charge >= 0.3 is 0 Å². The van der Waals surface area contributed by atoms with Gasteiger partial charge in [0.15, 0.2) is 11.5 Å². The van der Waals surface area contributed by atoms with Crippen LogP contribution in [0, 0.1) is 0 Å². The van der Waals surface area contributed by atoms with Crippen LogP contribution in [0.1, 0.15) is 43.6 Å². The number of hydrogen-bond acceptors (Lipinski definition) is 5. The molecule has 0 spiro atoms. The predicted molar refractivity (Wildman–Crippen MR) is 82.2 cm³/mol. The van der Waals surface area contributed by atoms with E-state index in [9.17, 15) is 0 Å². The van der Waals surface area contributed by atoms with Gasteiger partial charge in [-0.3, -0.25) is 0 Å². The third-order valence-electron chi connectivity index (χ3n) is 3.10. The predicted octanol–water partition coefficient (Wildman–Crippen LogP) is 4.58. The number of thiazole rings is 1. The number of oxazole rings is 1. The fourth-order valence-corrected chi connectivity index (χ4v) is 2.69. The summed E-state index contributed by atoms with van der Waals surface area (Å²) in [6, 6.07) is 6.19. The van der Waals surface area contributed by atoms with Crippen molar-refractivity contribution in [1.82, 2.24) is 9.97 Å². The van der Waals surface area contributed by atoms with Gasteiger partial charge in [0, 0.05) is 23.2 Å². The fourth-order valence-electron chi connectivity index (χ4n) is 2.04. The first-order valence-electron chi connectivity index (χ1n) is 6.70. The molecule has 1 atom stereocenters. The molecule has 1 unspecified atom stereocenters. The summed E-state index contributed by atoms with van der Waals surface area (Å²) >= 11 is 1.65. The molecule has 1 aromatic carbocycles. The lowest BCUT2D eigenvalue weighted by molar-refractivity contribution is 0.501. The normalized spacial score (nSPS) is 13.0. The van der Waals surface area contributed by atoms with E-state index in [1.54, 1.807) is 11.3 Å². The third kappa shape index (κ3) is 2.54. The van der Waals surface area contributed by atoms with Crippen molar-refractivity contribution in [2.75, 3.05) is 5.32 Å². The number of rotatable bonds is 4. The smallest absolute Gasteiger partial charge is 0.198 e. The van der Waals surface area contributed by atoms with E-state index in [0.29, 0.717) is 5.92 Å². The molecule has 0 fully saturated rings. The van der Waals surface area contributed by atoms with Gasteiger partial charge in [-0.15, -0.1) is 11.3 Å². The van der Waals surface area contributed by atoms with Crippen LogP contribution in [0.2, 0.25) is 0 Å². The Bertz CT molecular complexity index is 703. The number of nitrogens with zero attached hydrogens (tertiary/aromatic N) is 2. The second-order valence-corrected chi connectivity index (χ2v) is 6.05. The number of nitrogens with one attached hydrogen (secondary N) is 1. The largest absolute Gasteiger partial charge is 0.440 e. The van der Waals surface area contributed by atoms with Crippen LogP contribution >= 0.6 is 11.3 Å². The molecule has 0 radical (unpaired) electrons. The maximum absolute atomic E-state index is 5.71. The van der Waals surface area contributed by atoms with Crippen LogP contribution in [0.3, 0.4) is 0 Å². The zero-order chi connectivity index (χ0) is 14.1. The summed E-state index contributed by atoms with van der Waals surface area (Å²) < 4.78 is 5.71. The summed E-state index contributed by atoms with van der Waals surface area (Å²) in [6.07, 6.45) is 1.83. The van der Waals surface area contributed by atoms with E-state index >= 15 is 0 Å². The van der Waals surface area contributed by atoms with Crippen LogP contribution in [0.15, 0.2) is 34.2 Å². The summed E-state index contributed by atoms with van der Waals surface area (Å²) in [4.78, 5) is 8.85. The highest BCUT2D eigenvalue weighted by Crippen LogP contribution is 2.26. The fraction of sp³-hybridized carbons (Fsp3) is 0.333. The van der Waals surface area contributed by atoms with Crippen LogP contribution in [0.25, 0.3) is 11.1 Å². The van der Waals surface area contributed by atoms with Crippen molar-refractivity contribution in [2.24, 2.45) is 0 Å². The van der Waals surface area contributed by atoms with Crippen molar-refractivity contribution in [1.29, 1.82) is 0 Å². The Balaban J connectivity index is 1.85. The lowest BCUT2D eigenvalue weighted by atomic mass is 10.2. The van der Waals surface area contributed by atoms with Crippen LogP contribution in [0.5, 0.6) is 0 Å². The lowest BCUT2D eigenvalue weighted by Gasteiger charge is -2.12. The topological polar surface area (TPSA) is 51.0 Å². The molecule has 2 heterocycles. The van der Waals surface area contributed by atoms with E-state index in [1.165, 1.54) is 0 Å². The Morgan fingerprint density at radius 1 is 1.25 bits per heavy atom. The highest BCUT2D eigenvalue weighted by atomic mass is 32.1. The number of anilines is 1. The second kappa shape index (κ2) is 5.25. The Kier molecular flexibility index (Phi) is 3.44. The second-order valence-electron chi connectivity index (χ2n) is 5.13. The molecule has 0 bridgehead atoms. The molecule has 1 N–H and O–H groups in total. The van der Waals surface area contributed by atoms with Crippen molar-refractivity contribution < 1.29 is 4.42 Å². The minimum absolute atomic E-state index is 0.184. The van der Waals surface area contributed by atoms with Gasteiger partial charge in [-0.05, 0) is 25.1 Å². The first-order chi connectivity index (χ1) is 9.63. The molecular formula is C15H17N3OS. The number of fused-ring (bicyclic) bond motifs is 1. The maximum atomic E-state index is 5.71. The molecule has 0 aliphatic carbocycles. The highest BCUT2D eigenvalue weighted by Gasteiger charge is 2.11. The van der Waals surface area contributed by atoms with Crippen molar-refractivity contribution in [3.63, 3.8) is 0 Å². The van der Waals surface area contributed by atoms with Gasteiger partial charge in [0.1, 0.15) is 10.5 Å². The Morgan fingerprint density at radius 2 is 2.10 bits per heavy atom. The standard InChI is InChI=1S/C15H17N3OS/c1-9(2)14-18-12-8-11(4-5-13(12)19-14)17-10(3)15-16-6-7-20-15/h4-10,17H,1-3H3. The minimum atomic E-state index is 0.184. The molecule has 3 rings (SSSR count). The maximum Gasteiger partial charge on any atom is 0.198 e. The number of benzene rings is 1. The average molecular weight is 287 g/mol. The van der Waals surface area contributed by atoms with E-state index in [-0.39, 0.29) is 6.04 Å². The van der Waals surface area contributed by atoms with Crippen molar-refractivity contribution in [3.8, 4) is 0 Å². The van der Waals surface area contributed by atoms with Crippen LogP contribution < -0.4 is 5.32 Å². The molecule has 3 aromatic rings. The van der Waals surface area contributed by atoms with Gasteiger partial charge in [0.2, 0.25) is 0 Å². The molecule has 20 heavy (non-hydrogen) atoms. The number of aromatic nitrogens is 2. The molecule has 5 heteroatoms. The summed E-state index contributed by atoms with van der Waals surface area (Å²) in [5, 5.41) is 6.51. The van der Waals surface area contributed by atoms with Gasteiger partial charge in [0.25, 0.3) is 0 Å². The Labute approximate surface area is 121 Å². The van der Waals surface area contributed by atoms with E-state index < -0.39 is 0 Å². The molecule has 0 aliphatic rings. The Hall–Kier alpha value is -1.88. The van der Waals surface area contributed by atoms with Gasteiger partial charge in [-0.2, -0.15) is 0 Å². The molecule has 4 nitrogen and oxygen atoms in total. The van der Waals surface area contributed by atoms with E-state index in [1.807, 2.05) is 29.8 Å². The monoisotopic (exact) mass is 287 g/mol. The van der Waals surface area contributed by atoms with E-state index in [4.69, 9.17) is 4.42 Å². The first-order valence-corrected chi connectivity index (χ1v) is 7.58. The van der Waals surface area contributed by atoms with Gasteiger partial charge in [-0.25, -0.2) is 9.97 Å². The first kappa shape index (κ1) is 13.1. The summed E-state index contributed by atoms with van der Waals surface area (Å²) in [5.74, 6) is 1.08. The number of hydrogen-bond donors (Lipinski definition) is 1. The molecule has 0 amide bonds. The van der Waals surface area contributed by atoms with Crippen molar-refractivity contribution >= 4 is 28.1 Å². The van der Waals surface area contributed by atoms with Gasteiger partial charge in [0.05, 0.1) is 6.04 Å². The SMILES string of the molecule is CC(C)c1nc2cc(NC(C)c3nccs3)ccc2o1. The van der Waals surface area contributed by atoms with Gasteiger partial charge in [-0.1, -0.05) is 13.8 Å². The van der Waals surface area contributed by atoms with Crippen LogP contribution in [-0.4, -0.2) is 9.97 Å². The van der Waals surface area contributed by atoms with Crippen LogP contribution in [-0.2, 0) is 0 Å². The quantitative estimate of drug-likeness (QED) is 0.763. The zero-order valence-electron chi connectivity index (χ0n) is 11.8. The van der Waals surface area contributed by atoms with E-state index in [2.05, 4.69) is 36.1 Å². The summed E-state index contributed by atoms with van der Waals surface area (Å²) in [6.45, 7) is 6.26. The molecule has 2 aromatic heterocycles. The summed E-state index contributed by atoms with van der Waals surface area (Å²) in [5.41, 5.74) is 2.76. The molecule has 104 valence electrons. The Morgan fingerprint density at radius 3 is 2.80 bits per heavy atom. The van der Waals surface area contributed by atoms with Crippen LogP contribution in [0.4, 0.5) is 5.69 Å². The molecule has 0 aliphatic heterocycles. The third-order valence-corrected chi connectivity index (χ3v) is 4.06. The summed E-state index contributed by atoms with van der Waals surface area (Å²) in [7, 11) is 0. The van der Waals surface area contributed by atoms with Crippen molar-refractivity contribution in [2.45, 2.75) is 32.7 Å². The minimum Gasteiger partial charge on any atom is -0.440 e. The van der Waals surface area contributed by atoms with Crippen molar-refractivity contribution in [3.05, 3.63) is 40.7 Å². The van der Waals surface area contributed by atoms with Gasteiger partial charge < -0.3 is 9.73 Å². The zero-order valence-corrected chi connectivity index (χ0v) is 12.6. The molecule has 0 saturated carbocycles. The lowest BCUT2D eigenvalue weighted by Crippen LogP contribution is -2.05.